The van der Waals surface area contributed by atoms with E-state index >= 15 is 0 Å². The summed E-state index contributed by atoms with van der Waals surface area (Å²) in [6.45, 7) is 2.92. The molecule has 1 atom stereocenters. The van der Waals surface area contributed by atoms with Crippen LogP contribution in [0.25, 0.3) is 0 Å². The Hall–Kier alpha value is -2.77. The molecule has 1 unspecified atom stereocenters. The quantitative estimate of drug-likeness (QED) is 0.467. The number of aryl methyl sites for hydroxylation is 1. The van der Waals surface area contributed by atoms with E-state index in [1.165, 1.54) is 11.1 Å². The zero-order valence-corrected chi connectivity index (χ0v) is 19.9. The smallest absolute Gasteiger partial charge is 0.290 e. The monoisotopic (exact) mass is 484 g/mol. The molecular formula is C25H25ClN2O4S. The predicted molar refractivity (Wildman–Crippen MR) is 127 cm³/mol. The Morgan fingerprint density at radius 3 is 2.85 bits per heavy atom. The molecule has 8 heteroatoms. The molecule has 172 valence electrons. The molecule has 0 spiro atoms. The molecule has 6 nitrogen and oxygen atoms in total. The summed E-state index contributed by atoms with van der Waals surface area (Å²) >= 11 is 7.86. The van der Waals surface area contributed by atoms with Crippen LogP contribution < -0.4 is 4.74 Å². The number of carbonyl (C=O) groups is 2. The summed E-state index contributed by atoms with van der Waals surface area (Å²) in [5.74, 6) is 0.693. The van der Waals surface area contributed by atoms with Gasteiger partial charge in [-0.2, -0.15) is 0 Å². The number of nitrogens with zero attached hydrogens (tertiary/aromatic N) is 2. The first-order chi connectivity index (χ1) is 16.0. The lowest BCUT2D eigenvalue weighted by Crippen LogP contribution is -2.48. The summed E-state index contributed by atoms with van der Waals surface area (Å²) in [6, 6.07) is 10.9. The van der Waals surface area contributed by atoms with Crippen LogP contribution in [0, 0.1) is 6.92 Å². The van der Waals surface area contributed by atoms with Crippen LogP contribution in [-0.4, -0.2) is 47.4 Å². The minimum Gasteiger partial charge on any atom is -0.491 e. The third-order valence-corrected chi connectivity index (χ3v) is 7.66. The van der Waals surface area contributed by atoms with Crippen molar-refractivity contribution < 1.29 is 18.7 Å². The second-order valence-corrected chi connectivity index (χ2v) is 9.92. The molecule has 3 aromatic rings. The first kappa shape index (κ1) is 22.0. The molecule has 1 aromatic carbocycles. The summed E-state index contributed by atoms with van der Waals surface area (Å²) in [7, 11) is 0. The van der Waals surface area contributed by atoms with E-state index in [1.54, 1.807) is 28.4 Å². The maximum absolute atomic E-state index is 13.5. The molecule has 0 N–H and O–H groups in total. The van der Waals surface area contributed by atoms with E-state index in [1.807, 2.05) is 30.0 Å². The van der Waals surface area contributed by atoms with Gasteiger partial charge in [-0.25, -0.2) is 0 Å². The largest absolute Gasteiger partial charge is 0.491 e. The molecule has 2 aliphatic rings. The molecule has 1 aliphatic heterocycles. The van der Waals surface area contributed by atoms with Crippen molar-refractivity contribution in [1.29, 1.82) is 0 Å². The average Bonchev–Trinajstić information content (AvgIpc) is 3.29. The van der Waals surface area contributed by atoms with Crippen LogP contribution in [-0.2, 0) is 11.2 Å². The van der Waals surface area contributed by atoms with Gasteiger partial charge < -0.3 is 19.0 Å². The van der Waals surface area contributed by atoms with Crippen LogP contribution in [0.1, 0.15) is 45.4 Å². The Balaban J connectivity index is 1.34. The van der Waals surface area contributed by atoms with E-state index in [9.17, 15) is 9.59 Å². The highest BCUT2D eigenvalue weighted by Gasteiger charge is 2.38. The van der Waals surface area contributed by atoms with Crippen molar-refractivity contribution in [2.24, 2.45) is 0 Å². The minimum atomic E-state index is -0.228. The number of rotatable bonds is 7. The van der Waals surface area contributed by atoms with Gasteiger partial charge in [-0.05, 0) is 79.1 Å². The van der Waals surface area contributed by atoms with Crippen LogP contribution >= 0.6 is 22.9 Å². The molecule has 1 fully saturated rings. The number of furan rings is 1. The van der Waals surface area contributed by atoms with E-state index < -0.39 is 0 Å². The summed E-state index contributed by atoms with van der Waals surface area (Å²) in [5.41, 5.74) is 2.07. The number of ether oxygens (including phenoxy) is 1. The van der Waals surface area contributed by atoms with E-state index in [0.29, 0.717) is 18.2 Å². The van der Waals surface area contributed by atoms with Crippen LogP contribution in [0.15, 0.2) is 52.5 Å². The van der Waals surface area contributed by atoms with Gasteiger partial charge in [-0.3, -0.25) is 9.59 Å². The van der Waals surface area contributed by atoms with Gasteiger partial charge in [0.25, 0.3) is 5.91 Å². The second-order valence-electron chi connectivity index (χ2n) is 8.52. The lowest BCUT2D eigenvalue weighted by molar-refractivity contribution is -0.135. The summed E-state index contributed by atoms with van der Waals surface area (Å²) in [5, 5.41) is 2.76. The molecule has 33 heavy (non-hydrogen) atoms. The normalized spacial score (nSPS) is 17.5. The molecule has 3 heterocycles. The standard InChI is InChI=1S/C25H25ClN2O4S/c1-16-13-18(6-7-20(16)26)32-15-21-19-9-12-33-23(19)8-10-27(21)24(29)14-28(17-4-5-17)25(30)22-3-2-11-31-22/h2-3,6-7,9,11-13,17,21H,4-5,8,10,14-15H2,1H3. The fourth-order valence-electron chi connectivity index (χ4n) is 4.29. The molecule has 0 saturated heterocycles. The average molecular weight is 485 g/mol. The first-order valence-electron chi connectivity index (χ1n) is 11.1. The van der Waals surface area contributed by atoms with E-state index in [2.05, 4.69) is 11.4 Å². The second kappa shape index (κ2) is 9.23. The highest BCUT2D eigenvalue weighted by Crippen LogP contribution is 2.35. The maximum atomic E-state index is 13.5. The number of fused-ring (bicyclic) bond motifs is 1. The van der Waals surface area contributed by atoms with Crippen molar-refractivity contribution in [3.63, 3.8) is 0 Å². The van der Waals surface area contributed by atoms with Gasteiger partial charge in [-0.1, -0.05) is 11.6 Å². The van der Waals surface area contributed by atoms with Crippen molar-refractivity contribution in [2.75, 3.05) is 19.7 Å². The molecule has 0 radical (unpaired) electrons. The first-order valence-corrected chi connectivity index (χ1v) is 12.4. The Labute approximate surface area is 201 Å². The fraction of sp³-hybridized carbons (Fsp3) is 0.360. The zero-order chi connectivity index (χ0) is 22.9. The summed E-state index contributed by atoms with van der Waals surface area (Å²) in [6.07, 6.45) is 4.12. The minimum absolute atomic E-state index is 0.0419. The van der Waals surface area contributed by atoms with Gasteiger partial charge in [0.1, 0.15) is 18.9 Å². The van der Waals surface area contributed by atoms with Gasteiger partial charge in [0.05, 0.1) is 12.3 Å². The predicted octanol–water partition coefficient (Wildman–Crippen LogP) is 5.11. The SMILES string of the molecule is Cc1cc(OCC2c3ccsc3CCN2C(=O)CN(C(=O)c2ccco2)C2CC2)ccc1Cl. The van der Waals surface area contributed by atoms with E-state index in [4.69, 9.17) is 20.8 Å². The van der Waals surface area contributed by atoms with Gasteiger partial charge in [0.15, 0.2) is 5.76 Å². The van der Waals surface area contributed by atoms with Crippen molar-refractivity contribution in [3.05, 3.63) is 74.8 Å². The lowest BCUT2D eigenvalue weighted by atomic mass is 10.0. The highest BCUT2D eigenvalue weighted by atomic mass is 35.5. The Morgan fingerprint density at radius 2 is 2.12 bits per heavy atom. The van der Waals surface area contributed by atoms with Gasteiger partial charge >= 0.3 is 0 Å². The Morgan fingerprint density at radius 1 is 1.27 bits per heavy atom. The Bertz CT molecular complexity index is 1160. The molecule has 5 rings (SSSR count). The summed E-state index contributed by atoms with van der Waals surface area (Å²) in [4.78, 5) is 31.2. The molecule has 1 saturated carbocycles. The Kier molecular flexibility index (Phi) is 6.17. The molecule has 2 amide bonds. The van der Waals surface area contributed by atoms with Gasteiger partial charge in [0.2, 0.25) is 5.91 Å². The fourth-order valence-corrected chi connectivity index (χ4v) is 5.33. The molecule has 2 aromatic heterocycles. The number of carbonyl (C=O) groups excluding carboxylic acids is 2. The van der Waals surface area contributed by atoms with Crippen molar-refractivity contribution in [2.45, 2.75) is 38.3 Å². The van der Waals surface area contributed by atoms with E-state index in [-0.39, 0.29) is 36.2 Å². The third kappa shape index (κ3) is 4.66. The zero-order valence-electron chi connectivity index (χ0n) is 18.3. The van der Waals surface area contributed by atoms with Crippen LogP contribution in [0.2, 0.25) is 5.02 Å². The molecule has 0 bridgehead atoms. The number of hydrogen-bond acceptors (Lipinski definition) is 5. The van der Waals surface area contributed by atoms with Crippen molar-refractivity contribution >= 4 is 34.8 Å². The highest BCUT2D eigenvalue weighted by molar-refractivity contribution is 7.10. The molecular weight excluding hydrogens is 460 g/mol. The lowest BCUT2D eigenvalue weighted by Gasteiger charge is -2.37. The number of amides is 2. The van der Waals surface area contributed by atoms with Crippen molar-refractivity contribution in [3.8, 4) is 5.75 Å². The van der Waals surface area contributed by atoms with Crippen LogP contribution in [0.4, 0.5) is 0 Å². The number of hydrogen-bond donors (Lipinski definition) is 0. The van der Waals surface area contributed by atoms with Gasteiger partial charge in [-0.15, -0.1) is 11.3 Å². The van der Waals surface area contributed by atoms with Crippen LogP contribution in [0.5, 0.6) is 5.75 Å². The summed E-state index contributed by atoms with van der Waals surface area (Å²) < 4.78 is 11.4. The molecule has 1 aliphatic carbocycles. The number of thiophene rings is 1. The third-order valence-electron chi connectivity index (χ3n) is 6.24. The van der Waals surface area contributed by atoms with Crippen LogP contribution in [0.3, 0.4) is 0 Å². The maximum Gasteiger partial charge on any atom is 0.290 e. The number of halogens is 1. The van der Waals surface area contributed by atoms with Crippen molar-refractivity contribution in [1.82, 2.24) is 9.80 Å². The van der Waals surface area contributed by atoms with Gasteiger partial charge in [0, 0.05) is 22.5 Å². The van der Waals surface area contributed by atoms with E-state index in [0.717, 1.165) is 36.1 Å². The number of benzene rings is 1. The topological polar surface area (TPSA) is 63.0 Å².